The molecule has 0 aliphatic rings. The molecule has 2 heteroatoms. The lowest BCUT2D eigenvalue weighted by Gasteiger charge is -2.08. The Labute approximate surface area is 101 Å². The number of benzene rings is 2. The molecule has 0 saturated heterocycles. The Balaban J connectivity index is 2.34. The standard InChI is InChI=1S/C14H14ClN/c1-10-4-2-3-5-11(10)8-12-9-13(15)6-7-14(12)16/h2-7,9H,8,16H2,1H3. The van der Waals surface area contributed by atoms with Gasteiger partial charge in [-0.3, -0.25) is 0 Å². The lowest BCUT2D eigenvalue weighted by molar-refractivity contribution is 1.16. The summed E-state index contributed by atoms with van der Waals surface area (Å²) in [5.74, 6) is 0. The van der Waals surface area contributed by atoms with Gasteiger partial charge in [-0.2, -0.15) is 0 Å². The summed E-state index contributed by atoms with van der Waals surface area (Å²) in [6.45, 7) is 2.11. The van der Waals surface area contributed by atoms with Gasteiger partial charge in [0, 0.05) is 10.7 Å². The van der Waals surface area contributed by atoms with Gasteiger partial charge in [0.15, 0.2) is 0 Å². The summed E-state index contributed by atoms with van der Waals surface area (Å²) in [6, 6.07) is 13.9. The van der Waals surface area contributed by atoms with E-state index < -0.39 is 0 Å². The smallest absolute Gasteiger partial charge is 0.0410 e. The van der Waals surface area contributed by atoms with Crippen molar-refractivity contribution in [1.82, 2.24) is 0 Å². The zero-order valence-corrected chi connectivity index (χ0v) is 9.96. The maximum absolute atomic E-state index is 5.97. The van der Waals surface area contributed by atoms with Crippen LogP contribution in [0.3, 0.4) is 0 Å². The lowest BCUT2D eigenvalue weighted by atomic mass is 10.00. The van der Waals surface area contributed by atoms with Crippen LogP contribution in [0.4, 0.5) is 5.69 Å². The summed E-state index contributed by atoms with van der Waals surface area (Å²) in [5, 5.41) is 0.734. The van der Waals surface area contributed by atoms with Gasteiger partial charge in [-0.05, 0) is 48.2 Å². The molecule has 0 fully saturated rings. The molecular formula is C14H14ClN. The van der Waals surface area contributed by atoms with Crippen LogP contribution in [0, 0.1) is 6.92 Å². The van der Waals surface area contributed by atoms with E-state index in [0.717, 1.165) is 22.7 Å². The molecule has 0 heterocycles. The van der Waals surface area contributed by atoms with Gasteiger partial charge in [0.25, 0.3) is 0 Å². The summed E-state index contributed by atoms with van der Waals surface area (Å²) in [6.07, 6.45) is 0.832. The van der Waals surface area contributed by atoms with Crippen molar-refractivity contribution in [1.29, 1.82) is 0 Å². The molecule has 82 valence electrons. The third kappa shape index (κ3) is 2.37. The first-order chi connectivity index (χ1) is 7.66. The van der Waals surface area contributed by atoms with Crippen molar-refractivity contribution in [3.8, 4) is 0 Å². The molecule has 2 N–H and O–H groups in total. The fourth-order valence-corrected chi connectivity index (χ4v) is 1.94. The van der Waals surface area contributed by atoms with Crippen LogP contribution in [0.2, 0.25) is 5.02 Å². The van der Waals surface area contributed by atoms with E-state index in [1.807, 2.05) is 30.3 Å². The minimum atomic E-state index is 0.734. The van der Waals surface area contributed by atoms with Gasteiger partial charge in [0.2, 0.25) is 0 Å². The van der Waals surface area contributed by atoms with E-state index in [1.165, 1.54) is 11.1 Å². The monoisotopic (exact) mass is 231 g/mol. The van der Waals surface area contributed by atoms with E-state index in [2.05, 4.69) is 19.1 Å². The Morgan fingerprint density at radius 3 is 2.56 bits per heavy atom. The van der Waals surface area contributed by atoms with Crippen molar-refractivity contribution in [2.24, 2.45) is 0 Å². The Morgan fingerprint density at radius 2 is 1.81 bits per heavy atom. The van der Waals surface area contributed by atoms with Crippen molar-refractivity contribution in [2.75, 3.05) is 5.73 Å². The van der Waals surface area contributed by atoms with E-state index in [-0.39, 0.29) is 0 Å². The maximum atomic E-state index is 5.97. The number of anilines is 1. The third-order valence-corrected chi connectivity index (χ3v) is 2.98. The molecule has 0 bridgehead atoms. The van der Waals surface area contributed by atoms with Gasteiger partial charge >= 0.3 is 0 Å². The summed E-state index contributed by atoms with van der Waals surface area (Å²) >= 11 is 5.97. The number of hydrogen-bond donors (Lipinski definition) is 1. The van der Waals surface area contributed by atoms with Crippen molar-refractivity contribution in [3.63, 3.8) is 0 Å². The molecule has 16 heavy (non-hydrogen) atoms. The molecule has 0 aliphatic carbocycles. The minimum Gasteiger partial charge on any atom is -0.398 e. The van der Waals surface area contributed by atoms with Gasteiger partial charge in [-0.15, -0.1) is 0 Å². The first-order valence-electron chi connectivity index (χ1n) is 5.25. The highest BCUT2D eigenvalue weighted by atomic mass is 35.5. The highest BCUT2D eigenvalue weighted by Gasteiger charge is 2.03. The molecule has 0 saturated carbocycles. The number of nitrogen functional groups attached to an aromatic ring is 1. The summed E-state index contributed by atoms with van der Waals surface area (Å²) < 4.78 is 0. The number of hydrogen-bond acceptors (Lipinski definition) is 1. The third-order valence-electron chi connectivity index (χ3n) is 2.75. The van der Waals surface area contributed by atoms with Crippen LogP contribution < -0.4 is 5.73 Å². The molecule has 0 amide bonds. The Hall–Kier alpha value is -1.47. The Kier molecular flexibility index (Phi) is 3.16. The van der Waals surface area contributed by atoms with E-state index in [1.54, 1.807) is 0 Å². The van der Waals surface area contributed by atoms with Crippen LogP contribution in [0.1, 0.15) is 16.7 Å². The van der Waals surface area contributed by atoms with Crippen LogP contribution in [0.5, 0.6) is 0 Å². The van der Waals surface area contributed by atoms with Crippen LogP contribution in [-0.2, 0) is 6.42 Å². The Bertz CT molecular complexity index is 506. The molecule has 0 aliphatic heterocycles. The van der Waals surface area contributed by atoms with Crippen LogP contribution in [0.25, 0.3) is 0 Å². The fraction of sp³-hybridized carbons (Fsp3) is 0.143. The summed E-state index contributed by atoms with van der Waals surface area (Å²) in [5.41, 5.74) is 10.4. The number of nitrogens with two attached hydrogens (primary N) is 1. The summed E-state index contributed by atoms with van der Waals surface area (Å²) in [7, 11) is 0. The quantitative estimate of drug-likeness (QED) is 0.782. The number of rotatable bonds is 2. The van der Waals surface area contributed by atoms with Crippen LogP contribution >= 0.6 is 11.6 Å². The SMILES string of the molecule is Cc1ccccc1Cc1cc(Cl)ccc1N. The molecule has 2 aromatic carbocycles. The van der Waals surface area contributed by atoms with Gasteiger partial charge in [-0.1, -0.05) is 35.9 Å². The zero-order valence-electron chi connectivity index (χ0n) is 9.20. The normalized spacial score (nSPS) is 10.4. The topological polar surface area (TPSA) is 26.0 Å². The minimum absolute atomic E-state index is 0.734. The van der Waals surface area contributed by atoms with Crippen LogP contribution in [-0.4, -0.2) is 0 Å². The molecule has 1 nitrogen and oxygen atoms in total. The average Bonchev–Trinajstić information content (AvgIpc) is 2.27. The molecule has 0 spiro atoms. The first-order valence-corrected chi connectivity index (χ1v) is 5.63. The van der Waals surface area contributed by atoms with Gasteiger partial charge < -0.3 is 5.73 Å². The van der Waals surface area contributed by atoms with Gasteiger partial charge in [0.05, 0.1) is 0 Å². The largest absolute Gasteiger partial charge is 0.398 e. The molecule has 0 atom stereocenters. The fourth-order valence-electron chi connectivity index (χ4n) is 1.74. The van der Waals surface area contributed by atoms with Gasteiger partial charge in [-0.25, -0.2) is 0 Å². The van der Waals surface area contributed by atoms with Crippen molar-refractivity contribution in [3.05, 3.63) is 64.2 Å². The number of aryl methyl sites for hydroxylation is 1. The van der Waals surface area contributed by atoms with Crippen molar-refractivity contribution < 1.29 is 0 Å². The molecule has 0 radical (unpaired) electrons. The Morgan fingerprint density at radius 1 is 1.06 bits per heavy atom. The lowest BCUT2D eigenvalue weighted by Crippen LogP contribution is -1.97. The average molecular weight is 232 g/mol. The van der Waals surface area contributed by atoms with E-state index >= 15 is 0 Å². The van der Waals surface area contributed by atoms with Crippen molar-refractivity contribution in [2.45, 2.75) is 13.3 Å². The highest BCUT2D eigenvalue weighted by molar-refractivity contribution is 6.30. The van der Waals surface area contributed by atoms with Crippen LogP contribution in [0.15, 0.2) is 42.5 Å². The molecule has 2 rings (SSSR count). The molecule has 0 aromatic heterocycles. The van der Waals surface area contributed by atoms with Crippen molar-refractivity contribution >= 4 is 17.3 Å². The first kappa shape index (κ1) is 11.0. The number of halogens is 1. The van der Waals surface area contributed by atoms with E-state index in [4.69, 9.17) is 17.3 Å². The highest BCUT2D eigenvalue weighted by Crippen LogP contribution is 2.22. The maximum Gasteiger partial charge on any atom is 0.0410 e. The van der Waals surface area contributed by atoms with Gasteiger partial charge in [0.1, 0.15) is 0 Å². The molecule has 0 unspecified atom stereocenters. The predicted octanol–water partition coefficient (Wildman–Crippen LogP) is 3.82. The zero-order chi connectivity index (χ0) is 11.5. The predicted molar refractivity (Wildman–Crippen MR) is 69.8 cm³/mol. The van der Waals surface area contributed by atoms with E-state index in [9.17, 15) is 0 Å². The second kappa shape index (κ2) is 4.58. The molecule has 2 aromatic rings. The second-order valence-electron chi connectivity index (χ2n) is 3.95. The summed E-state index contributed by atoms with van der Waals surface area (Å²) in [4.78, 5) is 0. The second-order valence-corrected chi connectivity index (χ2v) is 4.38. The molecular weight excluding hydrogens is 218 g/mol. The van der Waals surface area contributed by atoms with E-state index in [0.29, 0.717) is 0 Å².